The van der Waals surface area contributed by atoms with Gasteiger partial charge in [-0.2, -0.15) is 4.58 Å². The fraction of sp³-hybridized carbons (Fsp3) is 0.392. The lowest BCUT2D eigenvalue weighted by Crippen LogP contribution is -2.28. The van der Waals surface area contributed by atoms with Crippen molar-refractivity contribution in [1.29, 1.82) is 0 Å². The first-order chi connectivity index (χ1) is 27.4. The predicted molar refractivity (Wildman–Crippen MR) is 235 cm³/mol. The van der Waals surface area contributed by atoms with Crippen molar-refractivity contribution < 1.29 is 24.4 Å². The van der Waals surface area contributed by atoms with Crippen molar-refractivity contribution in [2.24, 2.45) is 0 Å². The van der Waals surface area contributed by atoms with Gasteiger partial charge in [0, 0.05) is 60.3 Å². The number of fused-ring (bicyclic) bond motifs is 6. The van der Waals surface area contributed by atoms with Crippen molar-refractivity contribution in [3.05, 3.63) is 131 Å². The lowest BCUT2D eigenvalue weighted by molar-refractivity contribution is -0.438. The van der Waals surface area contributed by atoms with E-state index >= 15 is 0 Å². The highest BCUT2D eigenvalue weighted by Crippen LogP contribution is 2.51. The van der Waals surface area contributed by atoms with Gasteiger partial charge in [-0.3, -0.25) is 9.59 Å². The molecule has 4 aromatic rings. The van der Waals surface area contributed by atoms with Gasteiger partial charge in [0.25, 0.3) is 0 Å². The largest absolute Gasteiger partial charge is 0.481 e. The van der Waals surface area contributed by atoms with Gasteiger partial charge < -0.3 is 15.1 Å². The van der Waals surface area contributed by atoms with E-state index in [2.05, 4.69) is 141 Å². The maximum atomic E-state index is 11.2. The number of aliphatic carboxylic acids is 2. The fourth-order valence-electron chi connectivity index (χ4n) is 9.82. The molecule has 0 amide bonds. The van der Waals surface area contributed by atoms with Gasteiger partial charge >= 0.3 is 11.9 Å². The SMILES string of the molecule is CC1=C(/C=C/C2=[N+](CCCCCC(=O)O)c3ccc4ccccc4c3C2(C)C)CCC/C1=C/C=C1\N(CCCCCC(=O)O)c2ccc3ccccc3c2C1(C)C. The highest BCUT2D eigenvalue weighted by molar-refractivity contribution is 6.07. The fourth-order valence-corrected chi connectivity index (χ4v) is 9.82. The molecule has 0 fully saturated rings. The first-order valence-electron chi connectivity index (χ1n) is 21.1. The van der Waals surface area contributed by atoms with Crippen molar-refractivity contribution in [2.45, 2.75) is 116 Å². The number of benzene rings is 4. The summed E-state index contributed by atoms with van der Waals surface area (Å²) in [6, 6.07) is 26.4. The van der Waals surface area contributed by atoms with E-state index in [1.807, 2.05) is 0 Å². The smallest absolute Gasteiger partial charge is 0.303 e. The molecule has 6 heteroatoms. The second-order valence-electron chi connectivity index (χ2n) is 17.3. The second kappa shape index (κ2) is 16.7. The van der Waals surface area contributed by atoms with Crippen LogP contribution in [0.2, 0.25) is 0 Å². The minimum absolute atomic E-state index is 0.204. The highest BCUT2D eigenvalue weighted by atomic mass is 16.4. The maximum Gasteiger partial charge on any atom is 0.303 e. The summed E-state index contributed by atoms with van der Waals surface area (Å²) in [4.78, 5) is 24.9. The summed E-state index contributed by atoms with van der Waals surface area (Å²) in [5.74, 6) is -1.45. The molecule has 296 valence electrons. The number of carbonyl (C=O) groups is 2. The zero-order valence-electron chi connectivity index (χ0n) is 34.5. The summed E-state index contributed by atoms with van der Waals surface area (Å²) in [5, 5.41) is 23.5. The predicted octanol–water partition coefficient (Wildman–Crippen LogP) is 12.3. The summed E-state index contributed by atoms with van der Waals surface area (Å²) in [5.41, 5.74) is 11.6. The van der Waals surface area contributed by atoms with Gasteiger partial charge in [0.1, 0.15) is 6.54 Å². The zero-order chi connectivity index (χ0) is 40.3. The summed E-state index contributed by atoms with van der Waals surface area (Å²) in [6.07, 6.45) is 18.2. The van der Waals surface area contributed by atoms with Crippen LogP contribution < -0.4 is 4.90 Å². The average Bonchev–Trinajstić information content (AvgIpc) is 3.54. The summed E-state index contributed by atoms with van der Waals surface area (Å²) < 4.78 is 2.50. The molecule has 0 atom stereocenters. The Bertz CT molecular complexity index is 2370. The monoisotopic (exact) mass is 763 g/mol. The molecule has 2 heterocycles. The molecule has 0 saturated heterocycles. The molecule has 0 unspecified atom stereocenters. The molecular weight excluding hydrogens is 705 g/mol. The Morgan fingerprint density at radius 2 is 1.33 bits per heavy atom. The lowest BCUT2D eigenvalue weighted by atomic mass is 9.78. The van der Waals surface area contributed by atoms with E-state index in [0.29, 0.717) is 12.8 Å². The molecule has 1 aliphatic carbocycles. The molecule has 4 aromatic carbocycles. The van der Waals surface area contributed by atoms with Crippen LogP contribution in [0.25, 0.3) is 21.5 Å². The summed E-state index contributed by atoms with van der Waals surface area (Å²) in [6.45, 7) is 13.4. The van der Waals surface area contributed by atoms with Crippen LogP contribution in [0.4, 0.5) is 11.4 Å². The van der Waals surface area contributed by atoms with E-state index in [9.17, 15) is 19.8 Å². The van der Waals surface area contributed by atoms with Crippen LogP contribution in [-0.4, -0.2) is 45.5 Å². The topological polar surface area (TPSA) is 80.9 Å². The Hall–Kier alpha value is -5.23. The van der Waals surface area contributed by atoms with E-state index in [-0.39, 0.29) is 23.7 Å². The van der Waals surface area contributed by atoms with Crippen LogP contribution in [0.15, 0.2) is 120 Å². The van der Waals surface area contributed by atoms with Gasteiger partial charge in [0.05, 0.1) is 5.41 Å². The number of nitrogens with zero attached hydrogens (tertiary/aromatic N) is 2. The summed E-state index contributed by atoms with van der Waals surface area (Å²) >= 11 is 0. The van der Waals surface area contributed by atoms with Crippen molar-refractivity contribution in [3.8, 4) is 0 Å². The zero-order valence-corrected chi connectivity index (χ0v) is 34.5. The first kappa shape index (κ1) is 40.0. The molecule has 0 bridgehead atoms. The Morgan fingerprint density at radius 1 is 0.702 bits per heavy atom. The molecule has 2 aliphatic heterocycles. The van der Waals surface area contributed by atoms with Crippen molar-refractivity contribution in [2.75, 3.05) is 18.0 Å². The van der Waals surface area contributed by atoms with E-state index in [1.165, 1.54) is 72.2 Å². The van der Waals surface area contributed by atoms with E-state index in [4.69, 9.17) is 0 Å². The lowest BCUT2D eigenvalue weighted by Gasteiger charge is -2.27. The standard InChI is InChI=1S/C51H58N2O4/c1-35-36(27-31-44-50(2,3)48-40-21-12-10-17-38(40)25-29-42(48)52(44)33-14-6-8-23-46(54)55)19-16-20-37(35)28-32-45-51(4,5)49-41-22-13-11-18-39(41)26-30-43(49)53(45)34-15-7-9-24-47(56)57/h10-13,17-18,21-22,25-32H,6-9,14-16,19-20,23-24,33-34H2,1-5H3,(H-,54,55,56,57)/p+1. The van der Waals surface area contributed by atoms with E-state index in [1.54, 1.807) is 0 Å². The minimum Gasteiger partial charge on any atom is -0.481 e. The molecule has 7 rings (SSSR count). The number of allylic oxidation sites excluding steroid dienone is 8. The van der Waals surface area contributed by atoms with Crippen LogP contribution in [0.3, 0.4) is 0 Å². The second-order valence-corrected chi connectivity index (χ2v) is 17.3. The number of hydrogen-bond acceptors (Lipinski definition) is 3. The molecule has 57 heavy (non-hydrogen) atoms. The molecule has 0 aromatic heterocycles. The number of anilines is 1. The number of carboxylic acids is 2. The molecule has 2 N–H and O–H groups in total. The van der Waals surface area contributed by atoms with E-state index < -0.39 is 11.9 Å². The Kier molecular flexibility index (Phi) is 11.7. The molecule has 6 nitrogen and oxygen atoms in total. The van der Waals surface area contributed by atoms with Crippen LogP contribution in [-0.2, 0) is 20.4 Å². The van der Waals surface area contributed by atoms with Gasteiger partial charge in [-0.15, -0.1) is 0 Å². The van der Waals surface area contributed by atoms with Crippen LogP contribution >= 0.6 is 0 Å². The third kappa shape index (κ3) is 8.01. The van der Waals surface area contributed by atoms with Crippen molar-refractivity contribution in [3.63, 3.8) is 0 Å². The third-order valence-corrected chi connectivity index (χ3v) is 12.8. The van der Waals surface area contributed by atoms with Gasteiger partial charge in [-0.1, -0.05) is 87.0 Å². The van der Waals surface area contributed by atoms with Gasteiger partial charge in [-0.25, -0.2) is 0 Å². The molecule has 3 aliphatic rings. The van der Waals surface area contributed by atoms with Crippen molar-refractivity contribution >= 4 is 50.6 Å². The normalized spacial score (nSPS) is 18.8. The molecular formula is C51H59N2O4+. The van der Waals surface area contributed by atoms with E-state index in [0.717, 1.165) is 58.0 Å². The minimum atomic E-state index is -0.724. The highest BCUT2D eigenvalue weighted by Gasteiger charge is 2.45. The number of unbranched alkanes of at least 4 members (excludes halogenated alkanes) is 4. The van der Waals surface area contributed by atoms with Gasteiger partial charge in [0.2, 0.25) is 5.69 Å². The first-order valence-corrected chi connectivity index (χ1v) is 21.1. The Labute approximate surface area is 338 Å². The third-order valence-electron chi connectivity index (χ3n) is 12.8. The van der Waals surface area contributed by atoms with Crippen molar-refractivity contribution in [1.82, 2.24) is 0 Å². The average molecular weight is 764 g/mol. The Morgan fingerprint density at radius 3 is 2.02 bits per heavy atom. The molecule has 0 saturated carbocycles. The maximum absolute atomic E-state index is 11.2. The van der Waals surface area contributed by atoms with Crippen LogP contribution in [0.5, 0.6) is 0 Å². The van der Waals surface area contributed by atoms with Crippen LogP contribution in [0, 0.1) is 0 Å². The molecule has 0 spiro atoms. The summed E-state index contributed by atoms with van der Waals surface area (Å²) in [7, 11) is 0. The number of hydrogen-bond donors (Lipinski definition) is 2. The number of rotatable bonds is 15. The quantitative estimate of drug-likeness (QED) is 0.0931. The molecule has 0 radical (unpaired) electrons. The van der Waals surface area contributed by atoms with Crippen LogP contribution in [0.1, 0.15) is 116 Å². The number of carboxylic acid groups (broad SMARTS) is 2. The van der Waals surface area contributed by atoms with Gasteiger partial charge in [0.15, 0.2) is 5.71 Å². The Balaban J connectivity index is 1.22. The van der Waals surface area contributed by atoms with Gasteiger partial charge in [-0.05, 0) is 128 Å².